The van der Waals surface area contributed by atoms with Crippen LogP contribution in [-0.2, 0) is 4.79 Å². The van der Waals surface area contributed by atoms with Crippen LogP contribution in [0, 0.1) is 11.3 Å². The van der Waals surface area contributed by atoms with Gasteiger partial charge in [-0.3, -0.25) is 14.5 Å². The van der Waals surface area contributed by atoms with E-state index >= 15 is 0 Å². The zero-order valence-corrected chi connectivity index (χ0v) is 15.1. The van der Waals surface area contributed by atoms with Crippen molar-refractivity contribution in [2.24, 2.45) is 0 Å². The molecule has 2 aliphatic heterocycles. The highest BCUT2D eigenvalue weighted by molar-refractivity contribution is 6.04. The Balaban J connectivity index is 1.33. The van der Waals surface area contributed by atoms with Crippen molar-refractivity contribution in [3.05, 3.63) is 36.1 Å². The maximum Gasteiger partial charge on any atom is 0.255 e. The quantitative estimate of drug-likeness (QED) is 0.890. The van der Waals surface area contributed by atoms with Gasteiger partial charge in [0, 0.05) is 31.1 Å². The lowest BCUT2D eigenvalue weighted by Crippen LogP contribution is -2.43. The minimum Gasteiger partial charge on any atom is -0.464 e. The standard InChI is InChI=1S/C20H22N4O3/c21-11-16-4-2-8-24(16)18(25)13-23-9-6-15(12-23)22-20(26)17-5-1-3-14-7-10-27-19(14)17/h1,3,5,7,10,15-16H,2,4,6,8-9,12-13H2,(H,22,26). The molecule has 2 amide bonds. The molecule has 1 N–H and O–H groups in total. The average Bonchev–Trinajstić information content (AvgIpc) is 3.41. The molecule has 1 aromatic carbocycles. The van der Waals surface area contributed by atoms with E-state index in [1.165, 1.54) is 0 Å². The fourth-order valence-corrected chi connectivity index (χ4v) is 4.01. The van der Waals surface area contributed by atoms with Gasteiger partial charge in [-0.25, -0.2) is 0 Å². The van der Waals surface area contributed by atoms with Crippen LogP contribution in [0.4, 0.5) is 0 Å². The Morgan fingerprint density at radius 1 is 1.26 bits per heavy atom. The van der Waals surface area contributed by atoms with E-state index in [-0.39, 0.29) is 23.9 Å². The van der Waals surface area contributed by atoms with Crippen LogP contribution in [0.5, 0.6) is 0 Å². The Hall–Kier alpha value is -2.85. The van der Waals surface area contributed by atoms with Gasteiger partial charge in [0.25, 0.3) is 5.91 Å². The molecule has 2 saturated heterocycles. The first-order chi connectivity index (χ1) is 13.2. The summed E-state index contributed by atoms with van der Waals surface area (Å²) in [5.41, 5.74) is 1.12. The molecule has 2 atom stereocenters. The molecule has 140 valence electrons. The first-order valence-corrected chi connectivity index (χ1v) is 9.34. The first kappa shape index (κ1) is 17.6. The summed E-state index contributed by atoms with van der Waals surface area (Å²) in [6.07, 6.45) is 4.03. The zero-order valence-electron chi connectivity index (χ0n) is 15.1. The number of nitriles is 1. The molecule has 7 nitrogen and oxygen atoms in total. The van der Waals surface area contributed by atoms with Crippen LogP contribution in [0.25, 0.3) is 11.0 Å². The molecule has 27 heavy (non-hydrogen) atoms. The van der Waals surface area contributed by atoms with E-state index in [1.54, 1.807) is 17.2 Å². The van der Waals surface area contributed by atoms with E-state index in [4.69, 9.17) is 9.68 Å². The van der Waals surface area contributed by atoms with Crippen molar-refractivity contribution in [3.63, 3.8) is 0 Å². The van der Waals surface area contributed by atoms with Crippen LogP contribution in [0.2, 0.25) is 0 Å². The van der Waals surface area contributed by atoms with Gasteiger partial charge >= 0.3 is 0 Å². The molecule has 2 aromatic rings. The lowest BCUT2D eigenvalue weighted by Gasteiger charge is -2.23. The number of nitrogens with zero attached hydrogens (tertiary/aromatic N) is 3. The van der Waals surface area contributed by atoms with Crippen molar-refractivity contribution in [2.75, 3.05) is 26.2 Å². The van der Waals surface area contributed by atoms with Gasteiger partial charge in [0.15, 0.2) is 0 Å². The summed E-state index contributed by atoms with van der Waals surface area (Å²) < 4.78 is 5.44. The third-order valence-corrected chi connectivity index (χ3v) is 5.41. The molecule has 0 spiro atoms. The Labute approximate surface area is 157 Å². The fourth-order valence-electron chi connectivity index (χ4n) is 4.01. The summed E-state index contributed by atoms with van der Waals surface area (Å²) in [5, 5.41) is 13.1. The molecule has 4 rings (SSSR count). The Kier molecular flexibility index (Phi) is 4.82. The highest BCUT2D eigenvalue weighted by atomic mass is 16.3. The summed E-state index contributed by atoms with van der Waals surface area (Å²) in [7, 11) is 0. The van der Waals surface area contributed by atoms with Gasteiger partial charge in [-0.2, -0.15) is 5.26 Å². The van der Waals surface area contributed by atoms with E-state index in [2.05, 4.69) is 11.4 Å². The summed E-state index contributed by atoms with van der Waals surface area (Å²) in [5.74, 6) is -0.149. The number of carbonyl (C=O) groups is 2. The lowest BCUT2D eigenvalue weighted by molar-refractivity contribution is -0.132. The van der Waals surface area contributed by atoms with Crippen LogP contribution in [0.15, 0.2) is 34.9 Å². The third kappa shape index (κ3) is 3.53. The van der Waals surface area contributed by atoms with Crippen molar-refractivity contribution in [3.8, 4) is 6.07 Å². The second-order valence-electron chi connectivity index (χ2n) is 7.21. The topological polar surface area (TPSA) is 89.6 Å². The Morgan fingerprint density at radius 2 is 2.15 bits per heavy atom. The van der Waals surface area contributed by atoms with Gasteiger partial charge in [-0.05, 0) is 31.4 Å². The molecule has 7 heteroatoms. The Bertz CT molecular complexity index is 900. The van der Waals surface area contributed by atoms with Crippen LogP contribution >= 0.6 is 0 Å². The lowest BCUT2D eigenvalue weighted by atomic mass is 10.1. The molecular weight excluding hydrogens is 344 g/mol. The molecule has 2 aliphatic rings. The van der Waals surface area contributed by atoms with Crippen molar-refractivity contribution in [1.29, 1.82) is 5.26 Å². The molecular formula is C20H22N4O3. The molecule has 3 heterocycles. The first-order valence-electron chi connectivity index (χ1n) is 9.34. The number of nitrogens with one attached hydrogen (secondary N) is 1. The van der Waals surface area contributed by atoms with Crippen LogP contribution in [-0.4, -0.2) is 59.9 Å². The van der Waals surface area contributed by atoms with Gasteiger partial charge in [-0.15, -0.1) is 0 Å². The second-order valence-corrected chi connectivity index (χ2v) is 7.21. The molecule has 2 fully saturated rings. The minimum atomic E-state index is -0.288. The maximum absolute atomic E-state index is 12.6. The average molecular weight is 366 g/mol. The predicted octanol–water partition coefficient (Wildman–Crippen LogP) is 1.75. The van der Waals surface area contributed by atoms with Crippen molar-refractivity contribution in [1.82, 2.24) is 15.1 Å². The van der Waals surface area contributed by atoms with Crippen molar-refractivity contribution >= 4 is 22.8 Å². The number of para-hydroxylation sites is 1. The number of fused-ring (bicyclic) bond motifs is 1. The number of amides is 2. The number of furan rings is 1. The number of rotatable bonds is 4. The number of hydrogen-bond donors (Lipinski definition) is 1. The molecule has 1 aromatic heterocycles. The number of carbonyl (C=O) groups excluding carboxylic acids is 2. The molecule has 0 bridgehead atoms. The van der Waals surface area contributed by atoms with Crippen LogP contribution in [0.1, 0.15) is 29.6 Å². The SMILES string of the molecule is N#CC1CCCN1C(=O)CN1CCC(NC(=O)c2cccc3ccoc23)C1. The summed E-state index contributed by atoms with van der Waals surface area (Å²) in [6.45, 7) is 2.36. The van der Waals surface area contributed by atoms with E-state index in [9.17, 15) is 9.59 Å². The molecule has 0 radical (unpaired) electrons. The normalized spacial score (nSPS) is 22.9. The van der Waals surface area contributed by atoms with Gasteiger partial charge in [-0.1, -0.05) is 12.1 Å². The van der Waals surface area contributed by atoms with Gasteiger partial charge in [0.1, 0.15) is 11.6 Å². The largest absolute Gasteiger partial charge is 0.464 e. The number of hydrogen-bond acceptors (Lipinski definition) is 5. The van der Waals surface area contributed by atoms with E-state index in [0.717, 1.165) is 31.2 Å². The molecule has 0 aliphatic carbocycles. The number of likely N-dealkylation sites (tertiary alicyclic amines) is 2. The Morgan fingerprint density at radius 3 is 3.00 bits per heavy atom. The highest BCUT2D eigenvalue weighted by Gasteiger charge is 2.32. The van der Waals surface area contributed by atoms with E-state index < -0.39 is 0 Å². The van der Waals surface area contributed by atoms with E-state index in [1.807, 2.05) is 23.1 Å². The fraction of sp³-hybridized carbons (Fsp3) is 0.450. The summed E-state index contributed by atoms with van der Waals surface area (Å²) in [4.78, 5) is 28.8. The number of benzene rings is 1. The van der Waals surface area contributed by atoms with Crippen LogP contribution in [0.3, 0.4) is 0 Å². The zero-order chi connectivity index (χ0) is 18.8. The van der Waals surface area contributed by atoms with Crippen molar-refractivity contribution < 1.29 is 14.0 Å². The van der Waals surface area contributed by atoms with E-state index in [0.29, 0.717) is 30.8 Å². The molecule has 2 unspecified atom stereocenters. The molecule has 0 saturated carbocycles. The van der Waals surface area contributed by atoms with Crippen molar-refractivity contribution in [2.45, 2.75) is 31.3 Å². The minimum absolute atomic E-state index is 0.000796. The third-order valence-electron chi connectivity index (χ3n) is 5.41. The maximum atomic E-state index is 12.6. The monoisotopic (exact) mass is 366 g/mol. The predicted molar refractivity (Wildman–Crippen MR) is 98.9 cm³/mol. The van der Waals surface area contributed by atoms with Gasteiger partial charge in [0.2, 0.25) is 5.91 Å². The smallest absolute Gasteiger partial charge is 0.255 e. The summed E-state index contributed by atoms with van der Waals surface area (Å²) in [6, 6.07) is 9.26. The second kappa shape index (κ2) is 7.41. The van der Waals surface area contributed by atoms with Gasteiger partial charge in [0.05, 0.1) is 24.4 Å². The van der Waals surface area contributed by atoms with Crippen LogP contribution < -0.4 is 5.32 Å². The summed E-state index contributed by atoms with van der Waals surface area (Å²) >= 11 is 0. The highest BCUT2D eigenvalue weighted by Crippen LogP contribution is 2.21. The van der Waals surface area contributed by atoms with Gasteiger partial charge < -0.3 is 14.6 Å².